The molecule has 1 heterocycles. The Labute approximate surface area is 104 Å². The van der Waals surface area contributed by atoms with Gasteiger partial charge in [-0.3, -0.25) is 0 Å². The zero-order valence-corrected chi connectivity index (χ0v) is 10.9. The molecular formula is C16H16Si. The highest BCUT2D eigenvalue weighted by molar-refractivity contribution is 7.05. The average Bonchev–Trinajstić information content (AvgIpc) is 2.37. The van der Waals surface area contributed by atoms with Crippen molar-refractivity contribution in [3.8, 4) is 0 Å². The van der Waals surface area contributed by atoms with Crippen LogP contribution in [0.15, 0.2) is 72.8 Å². The van der Waals surface area contributed by atoms with Crippen LogP contribution in [0.1, 0.15) is 0 Å². The summed E-state index contributed by atoms with van der Waals surface area (Å²) >= 11 is 0. The molecule has 17 heavy (non-hydrogen) atoms. The highest BCUT2D eigenvalue weighted by atomic mass is 28.3. The second-order valence-electron chi connectivity index (χ2n) is 4.92. The predicted octanol–water partition coefficient (Wildman–Crippen LogP) is 2.82. The molecule has 0 bridgehead atoms. The Bertz CT molecular complexity index is 478. The van der Waals surface area contributed by atoms with Crippen LogP contribution in [0.25, 0.3) is 0 Å². The minimum atomic E-state index is -1.46. The molecule has 0 N–H and O–H groups in total. The van der Waals surface area contributed by atoms with Crippen LogP contribution in [-0.2, 0) is 0 Å². The van der Waals surface area contributed by atoms with Crippen LogP contribution in [0, 0.1) is 0 Å². The zero-order chi connectivity index (χ0) is 11.7. The van der Waals surface area contributed by atoms with E-state index in [0.29, 0.717) is 0 Å². The van der Waals surface area contributed by atoms with Crippen molar-refractivity contribution < 1.29 is 0 Å². The van der Waals surface area contributed by atoms with Crippen molar-refractivity contribution in [2.75, 3.05) is 0 Å². The van der Waals surface area contributed by atoms with E-state index in [1.807, 2.05) is 0 Å². The van der Waals surface area contributed by atoms with Crippen LogP contribution in [0.5, 0.6) is 0 Å². The van der Waals surface area contributed by atoms with Gasteiger partial charge in [0.05, 0.1) is 0 Å². The van der Waals surface area contributed by atoms with E-state index in [2.05, 4.69) is 67.2 Å². The summed E-state index contributed by atoms with van der Waals surface area (Å²) in [6.45, 7) is 4.14. The molecule has 2 aromatic carbocycles. The van der Waals surface area contributed by atoms with Gasteiger partial charge in [-0.05, 0) is 12.1 Å². The molecule has 0 aromatic heterocycles. The number of hydrogen-bond acceptors (Lipinski definition) is 0. The highest BCUT2D eigenvalue weighted by Gasteiger charge is 2.44. The first-order valence-electron chi connectivity index (χ1n) is 6.09. The Hall–Kier alpha value is -1.60. The minimum absolute atomic E-state index is 1.22. The van der Waals surface area contributed by atoms with E-state index >= 15 is 0 Å². The second kappa shape index (κ2) is 4.01. The Balaban J connectivity index is 2.09. The van der Waals surface area contributed by atoms with E-state index in [4.69, 9.17) is 0 Å². The Morgan fingerprint density at radius 1 is 0.706 bits per heavy atom. The van der Waals surface area contributed by atoms with Gasteiger partial charge in [-0.25, -0.2) is 0 Å². The molecule has 1 aliphatic heterocycles. The van der Waals surface area contributed by atoms with E-state index in [-0.39, 0.29) is 0 Å². The van der Waals surface area contributed by atoms with Crippen LogP contribution in [-0.4, -0.2) is 8.07 Å². The van der Waals surface area contributed by atoms with Crippen molar-refractivity contribution in [3.05, 3.63) is 72.8 Å². The zero-order valence-electron chi connectivity index (χ0n) is 9.89. The topological polar surface area (TPSA) is 0 Å². The van der Waals surface area contributed by atoms with Gasteiger partial charge in [-0.1, -0.05) is 76.6 Å². The first kappa shape index (κ1) is 10.5. The quantitative estimate of drug-likeness (QED) is 0.555. The number of allylic oxidation sites excluding steroid dienone is 1. The molecule has 0 aliphatic carbocycles. The summed E-state index contributed by atoms with van der Waals surface area (Å²) in [5.41, 5.74) is 1.42. The molecular weight excluding hydrogens is 220 g/mol. The van der Waals surface area contributed by atoms with E-state index in [1.165, 1.54) is 17.7 Å². The van der Waals surface area contributed by atoms with Gasteiger partial charge in [-0.15, -0.1) is 6.58 Å². The van der Waals surface area contributed by atoms with Gasteiger partial charge in [0.25, 0.3) is 0 Å². The molecule has 2 aromatic rings. The lowest BCUT2D eigenvalue weighted by Crippen LogP contribution is -2.63. The van der Waals surface area contributed by atoms with Gasteiger partial charge in [0, 0.05) is 0 Å². The van der Waals surface area contributed by atoms with E-state index in [9.17, 15) is 0 Å². The lowest BCUT2D eigenvalue weighted by Gasteiger charge is -2.42. The minimum Gasteiger partial charge on any atom is -0.100 e. The number of hydrogen-bond donors (Lipinski definition) is 0. The van der Waals surface area contributed by atoms with Crippen molar-refractivity contribution in [3.63, 3.8) is 0 Å². The summed E-state index contributed by atoms with van der Waals surface area (Å²) in [4.78, 5) is 0. The van der Waals surface area contributed by atoms with E-state index in [1.54, 1.807) is 10.4 Å². The maximum atomic E-state index is 4.14. The molecule has 0 amide bonds. The van der Waals surface area contributed by atoms with Gasteiger partial charge in [0.2, 0.25) is 0 Å². The summed E-state index contributed by atoms with van der Waals surface area (Å²) < 4.78 is 0. The van der Waals surface area contributed by atoms with Gasteiger partial charge in [0.15, 0.2) is 0 Å². The maximum Gasteiger partial charge on any atom is 0.125 e. The fraction of sp³-hybridized carbons (Fsp3) is 0.125. The van der Waals surface area contributed by atoms with Gasteiger partial charge in [-0.2, -0.15) is 0 Å². The summed E-state index contributed by atoms with van der Waals surface area (Å²) in [5.74, 6) is 0. The molecule has 0 radical (unpaired) electrons. The first-order valence-corrected chi connectivity index (χ1v) is 8.50. The predicted molar refractivity (Wildman–Crippen MR) is 76.7 cm³/mol. The molecule has 0 nitrogen and oxygen atoms in total. The molecule has 0 unspecified atom stereocenters. The summed E-state index contributed by atoms with van der Waals surface area (Å²) in [7, 11) is -1.46. The molecule has 0 atom stereocenters. The lowest BCUT2D eigenvalue weighted by molar-refractivity contribution is 1.19. The van der Waals surface area contributed by atoms with Gasteiger partial charge < -0.3 is 0 Å². The van der Waals surface area contributed by atoms with Gasteiger partial charge in [0.1, 0.15) is 8.07 Å². The monoisotopic (exact) mass is 236 g/mol. The van der Waals surface area contributed by atoms with Crippen LogP contribution in [0.2, 0.25) is 12.1 Å². The van der Waals surface area contributed by atoms with Crippen LogP contribution >= 0.6 is 0 Å². The van der Waals surface area contributed by atoms with Gasteiger partial charge >= 0.3 is 0 Å². The van der Waals surface area contributed by atoms with Crippen LogP contribution in [0.3, 0.4) is 0 Å². The molecule has 1 fully saturated rings. The Morgan fingerprint density at radius 2 is 1.12 bits per heavy atom. The largest absolute Gasteiger partial charge is 0.125 e. The van der Waals surface area contributed by atoms with Crippen molar-refractivity contribution >= 4 is 18.4 Å². The fourth-order valence-corrected chi connectivity index (χ4v) is 7.31. The standard InChI is InChI=1S/C16H16Si/c1-14-12-17(13-14,15-8-4-2-5-9-15)16-10-6-3-7-11-16/h2-11H,1,12-13H2. The van der Waals surface area contributed by atoms with E-state index in [0.717, 1.165) is 0 Å². The second-order valence-corrected chi connectivity index (χ2v) is 8.94. The molecule has 1 saturated heterocycles. The number of benzene rings is 2. The molecule has 0 spiro atoms. The molecule has 3 rings (SSSR count). The molecule has 84 valence electrons. The SMILES string of the molecule is C=C1C[Si](c2ccccc2)(c2ccccc2)C1. The summed E-state index contributed by atoms with van der Waals surface area (Å²) in [6, 6.07) is 24.5. The maximum absolute atomic E-state index is 4.14. The third-order valence-electron chi connectivity index (χ3n) is 3.76. The van der Waals surface area contributed by atoms with Crippen molar-refractivity contribution in [1.82, 2.24) is 0 Å². The fourth-order valence-electron chi connectivity index (χ4n) is 2.89. The highest BCUT2D eigenvalue weighted by Crippen LogP contribution is 2.35. The normalized spacial score (nSPS) is 17.5. The van der Waals surface area contributed by atoms with Crippen molar-refractivity contribution in [2.45, 2.75) is 12.1 Å². The summed E-state index contributed by atoms with van der Waals surface area (Å²) in [6.07, 6.45) is 0. The molecule has 1 aliphatic rings. The third kappa shape index (κ3) is 1.67. The lowest BCUT2D eigenvalue weighted by atomic mass is 10.3. The number of rotatable bonds is 2. The van der Waals surface area contributed by atoms with Crippen molar-refractivity contribution in [2.24, 2.45) is 0 Å². The van der Waals surface area contributed by atoms with Crippen molar-refractivity contribution in [1.29, 1.82) is 0 Å². The molecule has 0 saturated carbocycles. The molecule has 1 heteroatoms. The van der Waals surface area contributed by atoms with E-state index < -0.39 is 8.07 Å². The third-order valence-corrected chi connectivity index (χ3v) is 8.84. The van der Waals surface area contributed by atoms with Crippen LogP contribution < -0.4 is 10.4 Å². The Morgan fingerprint density at radius 3 is 1.47 bits per heavy atom. The first-order chi connectivity index (χ1) is 8.31. The average molecular weight is 236 g/mol. The smallest absolute Gasteiger partial charge is 0.100 e. The Kier molecular flexibility index (Phi) is 2.48. The van der Waals surface area contributed by atoms with Crippen LogP contribution in [0.4, 0.5) is 0 Å². The summed E-state index contributed by atoms with van der Waals surface area (Å²) in [5, 5.41) is 3.11.